The van der Waals surface area contributed by atoms with Crippen LogP contribution in [0.15, 0.2) is 48.9 Å². The minimum absolute atomic E-state index is 0.0406. The number of piperidine rings is 1. The highest BCUT2D eigenvalue weighted by Gasteiger charge is 2.34. The topological polar surface area (TPSA) is 71.0 Å². The standard InChI is InChI=1S/C23H22ClF2N5O/c1-14-4-2-9-31(20(14)13-30-21-6-5-15(24)12-29-21)23(32)17-11-19(26)18(25)10-16(17)22-27-7-3-8-28-22/h3,5-8,10-12,14,20H,2,4,9,13H2,1H3,(H,29,30)/t14-,20-/m1/s1. The van der Waals surface area contributed by atoms with E-state index < -0.39 is 11.6 Å². The molecule has 1 N–H and O–H groups in total. The summed E-state index contributed by atoms with van der Waals surface area (Å²) >= 11 is 5.89. The molecule has 1 aliphatic heterocycles. The zero-order valence-corrected chi connectivity index (χ0v) is 18.2. The Kier molecular flexibility index (Phi) is 6.60. The third-order valence-corrected chi connectivity index (χ3v) is 5.92. The summed E-state index contributed by atoms with van der Waals surface area (Å²) < 4.78 is 28.2. The summed E-state index contributed by atoms with van der Waals surface area (Å²) in [5.74, 6) is -1.50. The van der Waals surface area contributed by atoms with E-state index in [9.17, 15) is 13.6 Å². The van der Waals surface area contributed by atoms with E-state index in [0.717, 1.165) is 25.0 Å². The van der Waals surface area contributed by atoms with Gasteiger partial charge in [0.2, 0.25) is 0 Å². The van der Waals surface area contributed by atoms with Crippen LogP contribution in [0.25, 0.3) is 11.4 Å². The molecular formula is C23H22ClF2N5O. The van der Waals surface area contributed by atoms with E-state index in [1.54, 1.807) is 29.3 Å². The van der Waals surface area contributed by atoms with Crippen LogP contribution in [-0.4, -0.2) is 44.9 Å². The molecular weight excluding hydrogens is 436 g/mol. The number of carbonyl (C=O) groups is 1. The zero-order chi connectivity index (χ0) is 22.7. The Bertz CT molecular complexity index is 1100. The molecule has 2 atom stereocenters. The number of aromatic nitrogens is 3. The fraction of sp³-hybridized carbons (Fsp3) is 0.304. The van der Waals surface area contributed by atoms with Crippen LogP contribution < -0.4 is 5.32 Å². The van der Waals surface area contributed by atoms with Gasteiger partial charge < -0.3 is 10.2 Å². The molecule has 1 aliphatic rings. The maximum Gasteiger partial charge on any atom is 0.255 e. The van der Waals surface area contributed by atoms with E-state index in [1.165, 1.54) is 12.4 Å². The number of pyridine rings is 1. The highest BCUT2D eigenvalue weighted by atomic mass is 35.5. The van der Waals surface area contributed by atoms with Crippen LogP contribution in [0.3, 0.4) is 0 Å². The number of amides is 1. The summed E-state index contributed by atoms with van der Waals surface area (Å²) in [6.07, 6.45) is 6.31. The Hall–Kier alpha value is -3.13. The number of benzene rings is 1. The van der Waals surface area contributed by atoms with Crippen molar-refractivity contribution in [2.45, 2.75) is 25.8 Å². The van der Waals surface area contributed by atoms with Crippen LogP contribution in [0, 0.1) is 17.6 Å². The van der Waals surface area contributed by atoms with Crippen molar-refractivity contribution in [1.29, 1.82) is 0 Å². The van der Waals surface area contributed by atoms with Crippen molar-refractivity contribution in [3.8, 4) is 11.4 Å². The molecule has 1 fully saturated rings. The molecule has 6 nitrogen and oxygen atoms in total. The number of rotatable bonds is 5. The lowest BCUT2D eigenvalue weighted by molar-refractivity contribution is 0.0540. The van der Waals surface area contributed by atoms with E-state index in [0.29, 0.717) is 23.9 Å². The fourth-order valence-corrected chi connectivity index (χ4v) is 4.12. The average molecular weight is 458 g/mol. The Morgan fingerprint density at radius 1 is 1.19 bits per heavy atom. The highest BCUT2D eigenvalue weighted by molar-refractivity contribution is 6.30. The molecule has 1 amide bonds. The van der Waals surface area contributed by atoms with Gasteiger partial charge in [-0.2, -0.15) is 0 Å². The van der Waals surface area contributed by atoms with Gasteiger partial charge in [0.05, 0.1) is 16.6 Å². The van der Waals surface area contributed by atoms with Crippen LogP contribution in [0.5, 0.6) is 0 Å². The van der Waals surface area contributed by atoms with Gasteiger partial charge in [0.15, 0.2) is 17.5 Å². The van der Waals surface area contributed by atoms with Crippen LogP contribution in [0.4, 0.5) is 14.6 Å². The molecule has 2 aromatic heterocycles. The quantitative estimate of drug-likeness (QED) is 0.594. The summed E-state index contributed by atoms with van der Waals surface area (Å²) in [6.45, 7) is 3.05. The summed E-state index contributed by atoms with van der Waals surface area (Å²) in [5.41, 5.74) is 0.206. The first-order valence-electron chi connectivity index (χ1n) is 10.4. The third-order valence-electron chi connectivity index (χ3n) is 5.69. The number of halogens is 3. The van der Waals surface area contributed by atoms with Gasteiger partial charge in [-0.05, 0) is 49.1 Å². The summed E-state index contributed by atoms with van der Waals surface area (Å²) in [5, 5.41) is 3.79. The molecule has 1 aromatic carbocycles. The largest absolute Gasteiger partial charge is 0.368 e. The van der Waals surface area contributed by atoms with Crippen molar-refractivity contribution in [3.05, 3.63) is 71.1 Å². The molecule has 0 aliphatic carbocycles. The third kappa shape index (κ3) is 4.70. The molecule has 3 heterocycles. The molecule has 0 spiro atoms. The van der Waals surface area contributed by atoms with E-state index >= 15 is 0 Å². The van der Waals surface area contributed by atoms with Crippen LogP contribution in [-0.2, 0) is 0 Å². The van der Waals surface area contributed by atoms with E-state index in [4.69, 9.17) is 11.6 Å². The summed E-state index contributed by atoms with van der Waals surface area (Å²) in [4.78, 5) is 27.8. The molecule has 32 heavy (non-hydrogen) atoms. The number of hydrogen-bond donors (Lipinski definition) is 1. The average Bonchev–Trinajstić information content (AvgIpc) is 2.81. The number of anilines is 1. The summed E-state index contributed by atoms with van der Waals surface area (Å²) in [7, 11) is 0. The lowest BCUT2D eigenvalue weighted by atomic mass is 9.89. The van der Waals surface area contributed by atoms with Crippen molar-refractivity contribution >= 4 is 23.3 Å². The molecule has 0 unspecified atom stereocenters. The molecule has 4 rings (SSSR count). The number of likely N-dealkylation sites (tertiary alicyclic amines) is 1. The van der Waals surface area contributed by atoms with Gasteiger partial charge in [0.1, 0.15) is 5.82 Å². The molecule has 0 bridgehead atoms. The Morgan fingerprint density at radius 3 is 2.66 bits per heavy atom. The molecule has 0 saturated carbocycles. The lowest BCUT2D eigenvalue weighted by Gasteiger charge is -2.40. The molecule has 3 aromatic rings. The van der Waals surface area contributed by atoms with Gasteiger partial charge in [0.25, 0.3) is 5.91 Å². The van der Waals surface area contributed by atoms with Gasteiger partial charge in [-0.25, -0.2) is 23.7 Å². The zero-order valence-electron chi connectivity index (χ0n) is 17.4. The van der Waals surface area contributed by atoms with E-state index in [-0.39, 0.29) is 34.8 Å². The number of hydrogen-bond acceptors (Lipinski definition) is 5. The Balaban J connectivity index is 1.64. The van der Waals surface area contributed by atoms with Crippen LogP contribution >= 0.6 is 11.6 Å². The van der Waals surface area contributed by atoms with Gasteiger partial charge in [0, 0.05) is 37.2 Å². The Morgan fingerprint density at radius 2 is 1.94 bits per heavy atom. The first kappa shape index (κ1) is 22.1. The first-order chi connectivity index (χ1) is 15.4. The SMILES string of the molecule is C[C@@H]1CCCN(C(=O)c2cc(F)c(F)cc2-c2ncccn2)[C@@H]1CNc1ccc(Cl)cn1. The normalized spacial score (nSPS) is 18.4. The van der Waals surface area contributed by atoms with Crippen molar-refractivity contribution < 1.29 is 13.6 Å². The number of nitrogens with zero attached hydrogens (tertiary/aromatic N) is 4. The second-order valence-electron chi connectivity index (χ2n) is 7.81. The molecule has 166 valence electrons. The van der Waals surface area contributed by atoms with Gasteiger partial charge in [-0.1, -0.05) is 18.5 Å². The maximum absolute atomic E-state index is 14.2. The summed E-state index contributed by atoms with van der Waals surface area (Å²) in [6, 6.07) is 6.87. The monoisotopic (exact) mass is 457 g/mol. The first-order valence-corrected chi connectivity index (χ1v) is 10.7. The van der Waals surface area contributed by atoms with E-state index in [2.05, 4.69) is 27.2 Å². The van der Waals surface area contributed by atoms with Gasteiger partial charge in [-0.3, -0.25) is 4.79 Å². The second-order valence-corrected chi connectivity index (χ2v) is 8.25. The fourth-order valence-electron chi connectivity index (χ4n) is 4.00. The number of nitrogens with one attached hydrogen (secondary N) is 1. The molecule has 1 saturated heterocycles. The van der Waals surface area contributed by atoms with Crippen LogP contribution in [0.1, 0.15) is 30.1 Å². The Labute approximate surface area is 189 Å². The van der Waals surface area contributed by atoms with E-state index in [1.807, 2.05) is 0 Å². The minimum Gasteiger partial charge on any atom is -0.368 e. The highest BCUT2D eigenvalue weighted by Crippen LogP contribution is 2.30. The van der Waals surface area contributed by atoms with Crippen molar-refractivity contribution in [3.63, 3.8) is 0 Å². The van der Waals surface area contributed by atoms with Gasteiger partial charge in [-0.15, -0.1) is 0 Å². The second kappa shape index (κ2) is 9.56. The predicted octanol–water partition coefficient (Wildman–Crippen LogP) is 4.82. The number of carbonyl (C=O) groups excluding carboxylic acids is 1. The maximum atomic E-state index is 14.2. The lowest BCUT2D eigenvalue weighted by Crippen LogP contribution is -2.51. The van der Waals surface area contributed by atoms with Crippen LogP contribution in [0.2, 0.25) is 5.02 Å². The molecule has 0 radical (unpaired) electrons. The molecule has 9 heteroatoms. The smallest absolute Gasteiger partial charge is 0.255 e. The van der Waals surface area contributed by atoms with Crippen molar-refractivity contribution in [1.82, 2.24) is 19.9 Å². The predicted molar refractivity (Wildman–Crippen MR) is 118 cm³/mol. The minimum atomic E-state index is -1.09. The van der Waals surface area contributed by atoms with Crippen molar-refractivity contribution in [2.24, 2.45) is 5.92 Å². The van der Waals surface area contributed by atoms with Crippen molar-refractivity contribution in [2.75, 3.05) is 18.4 Å². The van der Waals surface area contributed by atoms with Gasteiger partial charge >= 0.3 is 0 Å².